The molecule has 1 aliphatic heterocycles. The van der Waals surface area contributed by atoms with Gasteiger partial charge in [0.05, 0.1) is 5.41 Å². The van der Waals surface area contributed by atoms with Crippen LogP contribution in [-0.2, 0) is 5.41 Å². The molecule has 4 nitrogen and oxygen atoms in total. The summed E-state index contributed by atoms with van der Waals surface area (Å²) in [6.45, 7) is 4.36. The molecule has 0 radical (unpaired) electrons. The molecule has 1 N–H and O–H groups in total. The molecule has 0 bridgehead atoms. The highest BCUT2D eigenvalue weighted by Gasteiger charge is 2.39. The minimum absolute atomic E-state index is 0.0863. The van der Waals surface area contributed by atoms with Crippen molar-refractivity contribution in [2.24, 2.45) is 0 Å². The fourth-order valence-electron chi connectivity index (χ4n) is 4.10. The quantitative estimate of drug-likeness (QED) is 0.854. The zero-order valence-corrected chi connectivity index (χ0v) is 13.4. The second kappa shape index (κ2) is 6.91. The van der Waals surface area contributed by atoms with Crippen molar-refractivity contribution < 1.29 is 4.52 Å². The molecular weight excluding hydrogens is 262 g/mol. The summed E-state index contributed by atoms with van der Waals surface area (Å²) < 4.78 is 5.75. The van der Waals surface area contributed by atoms with E-state index in [2.05, 4.69) is 17.4 Å². The van der Waals surface area contributed by atoms with Crippen molar-refractivity contribution in [1.29, 1.82) is 0 Å². The van der Waals surface area contributed by atoms with E-state index in [0.29, 0.717) is 5.92 Å². The highest BCUT2D eigenvalue weighted by molar-refractivity contribution is 5.10. The molecule has 2 aliphatic rings. The van der Waals surface area contributed by atoms with Crippen LogP contribution in [0, 0.1) is 0 Å². The fourth-order valence-corrected chi connectivity index (χ4v) is 4.10. The molecule has 1 atom stereocenters. The molecule has 1 saturated heterocycles. The fraction of sp³-hybridized carbons (Fsp3) is 0.882. The second-order valence-corrected chi connectivity index (χ2v) is 6.96. The van der Waals surface area contributed by atoms with Gasteiger partial charge in [0.15, 0.2) is 5.82 Å². The molecular formula is C17H29N3O. The van der Waals surface area contributed by atoms with Crippen molar-refractivity contribution in [3.63, 3.8) is 0 Å². The van der Waals surface area contributed by atoms with Gasteiger partial charge in [0.25, 0.3) is 0 Å². The number of rotatable bonds is 4. The lowest BCUT2D eigenvalue weighted by Crippen LogP contribution is -2.43. The molecule has 1 aromatic heterocycles. The molecule has 2 fully saturated rings. The number of hydrogen-bond acceptors (Lipinski definition) is 4. The van der Waals surface area contributed by atoms with E-state index in [-0.39, 0.29) is 5.41 Å². The van der Waals surface area contributed by atoms with E-state index in [4.69, 9.17) is 9.51 Å². The molecule has 1 unspecified atom stereocenters. The van der Waals surface area contributed by atoms with E-state index in [0.717, 1.165) is 31.2 Å². The van der Waals surface area contributed by atoms with E-state index in [1.165, 1.54) is 57.8 Å². The van der Waals surface area contributed by atoms with Crippen LogP contribution < -0.4 is 5.32 Å². The Labute approximate surface area is 128 Å². The lowest BCUT2D eigenvalue weighted by atomic mass is 9.77. The lowest BCUT2D eigenvalue weighted by molar-refractivity contribution is 0.212. The molecule has 118 valence electrons. The first-order valence-electron chi connectivity index (χ1n) is 8.89. The lowest BCUT2D eigenvalue weighted by Gasteiger charge is -2.34. The average Bonchev–Trinajstić information content (AvgIpc) is 2.86. The summed E-state index contributed by atoms with van der Waals surface area (Å²) in [6.07, 6.45) is 12.5. The number of piperidine rings is 1. The first-order valence-corrected chi connectivity index (χ1v) is 8.89. The van der Waals surface area contributed by atoms with Gasteiger partial charge in [-0.2, -0.15) is 4.98 Å². The molecule has 3 rings (SSSR count). The molecule has 4 heteroatoms. The summed E-state index contributed by atoms with van der Waals surface area (Å²) >= 11 is 0. The van der Waals surface area contributed by atoms with Gasteiger partial charge in [-0.05, 0) is 38.6 Å². The van der Waals surface area contributed by atoms with Crippen LogP contribution in [0.3, 0.4) is 0 Å². The molecule has 0 spiro atoms. The van der Waals surface area contributed by atoms with Gasteiger partial charge < -0.3 is 9.84 Å². The van der Waals surface area contributed by atoms with Gasteiger partial charge in [0.1, 0.15) is 0 Å². The molecule has 2 heterocycles. The topological polar surface area (TPSA) is 51.0 Å². The Balaban J connectivity index is 1.78. The van der Waals surface area contributed by atoms with Gasteiger partial charge in [0, 0.05) is 12.5 Å². The smallest absolute Gasteiger partial charge is 0.234 e. The summed E-state index contributed by atoms with van der Waals surface area (Å²) in [5, 5.41) is 7.90. The monoisotopic (exact) mass is 291 g/mol. The van der Waals surface area contributed by atoms with E-state index in [9.17, 15) is 0 Å². The van der Waals surface area contributed by atoms with E-state index in [1.807, 2.05) is 0 Å². The van der Waals surface area contributed by atoms with Gasteiger partial charge in [-0.15, -0.1) is 0 Å². The van der Waals surface area contributed by atoms with E-state index < -0.39 is 0 Å². The van der Waals surface area contributed by atoms with Crippen LogP contribution in [0.2, 0.25) is 0 Å². The third-order valence-corrected chi connectivity index (χ3v) is 5.32. The van der Waals surface area contributed by atoms with Gasteiger partial charge in [-0.25, -0.2) is 0 Å². The Hall–Kier alpha value is -0.900. The summed E-state index contributed by atoms with van der Waals surface area (Å²) in [7, 11) is 0. The van der Waals surface area contributed by atoms with Crippen molar-refractivity contribution in [1.82, 2.24) is 15.5 Å². The van der Waals surface area contributed by atoms with Crippen molar-refractivity contribution in [2.45, 2.75) is 82.5 Å². The zero-order chi connectivity index (χ0) is 14.5. The summed E-state index contributed by atoms with van der Waals surface area (Å²) in [6, 6.07) is 0. The molecule has 1 saturated carbocycles. The zero-order valence-electron chi connectivity index (χ0n) is 13.4. The van der Waals surface area contributed by atoms with E-state index >= 15 is 0 Å². The van der Waals surface area contributed by atoms with Crippen LogP contribution in [-0.4, -0.2) is 23.2 Å². The predicted molar refractivity (Wildman–Crippen MR) is 83.4 cm³/mol. The minimum atomic E-state index is 0.0863. The largest absolute Gasteiger partial charge is 0.339 e. The highest BCUT2D eigenvalue weighted by Crippen LogP contribution is 2.36. The summed E-state index contributed by atoms with van der Waals surface area (Å²) in [5.41, 5.74) is 0.0863. The molecule has 0 amide bonds. The maximum absolute atomic E-state index is 5.75. The standard InChI is InChI=1S/C17H29N3O/c1-2-10-17(11-7-12-18-13-17)16-19-15(20-21-16)14-8-5-3-4-6-9-14/h14,18H,2-13H2,1H3. The Morgan fingerprint density at radius 1 is 1.19 bits per heavy atom. The number of hydrogen-bond donors (Lipinski definition) is 1. The van der Waals surface area contributed by atoms with Gasteiger partial charge in [-0.3, -0.25) is 0 Å². The van der Waals surface area contributed by atoms with Crippen molar-refractivity contribution in [3.05, 3.63) is 11.7 Å². The molecule has 1 aromatic rings. The Kier molecular flexibility index (Phi) is 4.94. The third kappa shape index (κ3) is 3.31. The van der Waals surface area contributed by atoms with Gasteiger partial charge >= 0.3 is 0 Å². The minimum Gasteiger partial charge on any atom is -0.339 e. The summed E-state index contributed by atoms with van der Waals surface area (Å²) in [4.78, 5) is 4.87. The first kappa shape index (κ1) is 15.0. The number of nitrogens with zero attached hydrogens (tertiary/aromatic N) is 2. The molecule has 0 aromatic carbocycles. The van der Waals surface area contributed by atoms with E-state index in [1.54, 1.807) is 0 Å². The third-order valence-electron chi connectivity index (χ3n) is 5.32. The average molecular weight is 291 g/mol. The second-order valence-electron chi connectivity index (χ2n) is 6.96. The van der Waals surface area contributed by atoms with Gasteiger partial charge in [0.2, 0.25) is 5.89 Å². The maximum atomic E-state index is 5.75. The normalized spacial score (nSPS) is 28.4. The maximum Gasteiger partial charge on any atom is 0.234 e. The van der Waals surface area contributed by atoms with Crippen molar-refractivity contribution >= 4 is 0 Å². The molecule has 1 aliphatic carbocycles. The van der Waals surface area contributed by atoms with Crippen molar-refractivity contribution in [3.8, 4) is 0 Å². The SMILES string of the molecule is CCCC1(c2nc(C3CCCCCC3)no2)CCCNC1. The molecule has 21 heavy (non-hydrogen) atoms. The van der Waals surface area contributed by atoms with Crippen LogP contribution >= 0.6 is 0 Å². The Morgan fingerprint density at radius 2 is 2.00 bits per heavy atom. The number of nitrogens with one attached hydrogen (secondary N) is 1. The summed E-state index contributed by atoms with van der Waals surface area (Å²) in [5.74, 6) is 2.41. The van der Waals surface area contributed by atoms with Crippen molar-refractivity contribution in [2.75, 3.05) is 13.1 Å². The van der Waals surface area contributed by atoms with Crippen LogP contribution in [0.4, 0.5) is 0 Å². The van der Waals surface area contributed by atoms with Gasteiger partial charge in [-0.1, -0.05) is 44.2 Å². The van der Waals surface area contributed by atoms with Crippen LogP contribution in [0.15, 0.2) is 4.52 Å². The predicted octanol–water partition coefficient (Wildman–Crippen LogP) is 3.93. The Bertz CT molecular complexity index is 423. The highest BCUT2D eigenvalue weighted by atomic mass is 16.5. The Morgan fingerprint density at radius 3 is 2.67 bits per heavy atom. The van der Waals surface area contributed by atoms with Crippen LogP contribution in [0.1, 0.15) is 88.8 Å². The number of aromatic nitrogens is 2. The van der Waals surface area contributed by atoms with Crippen LogP contribution in [0.5, 0.6) is 0 Å². The first-order chi connectivity index (χ1) is 10.3. The van der Waals surface area contributed by atoms with Crippen LogP contribution in [0.25, 0.3) is 0 Å².